The third kappa shape index (κ3) is 6.17. The first kappa shape index (κ1) is 24.3. The lowest BCUT2D eigenvalue weighted by atomic mass is 10.0. The van der Waals surface area contributed by atoms with Crippen molar-refractivity contribution in [3.05, 3.63) is 94.5 Å². The highest BCUT2D eigenvalue weighted by atomic mass is 35.5. The van der Waals surface area contributed by atoms with Gasteiger partial charge in [-0.2, -0.15) is 0 Å². The smallest absolute Gasteiger partial charge is 0.261 e. The van der Waals surface area contributed by atoms with Gasteiger partial charge in [-0.1, -0.05) is 59.6 Å². The summed E-state index contributed by atoms with van der Waals surface area (Å²) in [7, 11) is -3.89. The van der Waals surface area contributed by atoms with E-state index in [1.165, 1.54) is 23.3 Å². The number of hydrogen-bond acceptors (Lipinski definition) is 4. The van der Waals surface area contributed by atoms with Gasteiger partial charge in [0, 0.05) is 31.2 Å². The molecule has 0 bridgehead atoms. The van der Waals surface area contributed by atoms with Gasteiger partial charge < -0.3 is 5.32 Å². The van der Waals surface area contributed by atoms with E-state index < -0.39 is 10.0 Å². The molecule has 1 aliphatic rings. The number of anilines is 1. The largest absolute Gasteiger partial charge is 0.349 e. The summed E-state index contributed by atoms with van der Waals surface area (Å²) >= 11 is 6.08. The maximum atomic E-state index is 12.9. The zero-order valence-electron chi connectivity index (χ0n) is 19.0. The highest BCUT2D eigenvalue weighted by Gasteiger charge is 2.22. The fourth-order valence-electron chi connectivity index (χ4n) is 4.12. The first-order valence-corrected chi connectivity index (χ1v) is 13.1. The van der Waals surface area contributed by atoms with Crippen LogP contribution < -0.4 is 10.0 Å². The van der Waals surface area contributed by atoms with Crippen LogP contribution in [0.1, 0.15) is 34.3 Å². The molecule has 0 spiro atoms. The van der Waals surface area contributed by atoms with Crippen molar-refractivity contribution in [2.45, 2.75) is 37.2 Å². The SMILES string of the molecule is Cc1cccc(CN2CCC(NC(=O)c3cccc(S(=O)(=O)Nc4ccccc4Cl)c3)CC2)c1. The number of aryl methyl sites for hydroxylation is 1. The Morgan fingerprint density at radius 3 is 2.47 bits per heavy atom. The van der Waals surface area contributed by atoms with Gasteiger partial charge in [0.1, 0.15) is 0 Å². The van der Waals surface area contributed by atoms with Crippen LogP contribution in [0.25, 0.3) is 0 Å². The Hall–Kier alpha value is -2.87. The second-order valence-electron chi connectivity index (χ2n) is 8.63. The standard InChI is InChI=1S/C26H28ClN3O3S/c1-19-6-4-7-20(16-19)18-30-14-12-22(13-15-30)28-26(31)21-8-5-9-23(17-21)34(32,33)29-25-11-3-2-10-24(25)27/h2-11,16-17,22,29H,12-15,18H2,1H3,(H,28,31). The molecule has 4 rings (SSSR count). The molecule has 0 radical (unpaired) electrons. The highest BCUT2D eigenvalue weighted by Crippen LogP contribution is 2.24. The number of hydrogen-bond donors (Lipinski definition) is 2. The number of carbonyl (C=O) groups is 1. The number of para-hydroxylation sites is 1. The monoisotopic (exact) mass is 497 g/mol. The first-order chi connectivity index (χ1) is 16.3. The summed E-state index contributed by atoms with van der Waals surface area (Å²) in [6, 6.07) is 21.2. The van der Waals surface area contributed by atoms with Crippen LogP contribution in [0.4, 0.5) is 5.69 Å². The molecule has 1 heterocycles. The normalized spacial score (nSPS) is 15.1. The first-order valence-electron chi connectivity index (χ1n) is 11.3. The van der Waals surface area contributed by atoms with E-state index in [1.807, 2.05) is 0 Å². The van der Waals surface area contributed by atoms with E-state index in [0.717, 1.165) is 32.5 Å². The van der Waals surface area contributed by atoms with Gasteiger partial charge in [0.05, 0.1) is 15.6 Å². The number of amides is 1. The Kier molecular flexibility index (Phi) is 7.56. The highest BCUT2D eigenvalue weighted by molar-refractivity contribution is 7.92. The average molecular weight is 498 g/mol. The number of carbonyl (C=O) groups excluding carboxylic acids is 1. The number of likely N-dealkylation sites (tertiary alicyclic amines) is 1. The predicted octanol–water partition coefficient (Wildman–Crippen LogP) is 4.84. The van der Waals surface area contributed by atoms with Crippen molar-refractivity contribution in [1.29, 1.82) is 0 Å². The lowest BCUT2D eigenvalue weighted by Crippen LogP contribution is -2.44. The van der Waals surface area contributed by atoms with Crippen LogP contribution in [0.2, 0.25) is 5.02 Å². The zero-order chi connectivity index (χ0) is 24.1. The van der Waals surface area contributed by atoms with E-state index in [0.29, 0.717) is 10.6 Å². The molecule has 1 saturated heterocycles. The number of benzene rings is 3. The summed E-state index contributed by atoms with van der Waals surface area (Å²) in [6.45, 7) is 4.79. The number of halogens is 1. The molecule has 34 heavy (non-hydrogen) atoms. The summed E-state index contributed by atoms with van der Waals surface area (Å²) < 4.78 is 28.1. The van der Waals surface area contributed by atoms with Crippen molar-refractivity contribution >= 4 is 33.2 Å². The van der Waals surface area contributed by atoms with E-state index in [-0.39, 0.29) is 22.5 Å². The number of piperidine rings is 1. The number of rotatable bonds is 7. The van der Waals surface area contributed by atoms with E-state index in [4.69, 9.17) is 11.6 Å². The fraction of sp³-hybridized carbons (Fsp3) is 0.269. The molecule has 3 aromatic rings. The third-order valence-electron chi connectivity index (χ3n) is 5.94. The maximum Gasteiger partial charge on any atom is 0.261 e. The van der Waals surface area contributed by atoms with Crippen molar-refractivity contribution in [1.82, 2.24) is 10.2 Å². The fourth-order valence-corrected chi connectivity index (χ4v) is 5.49. The molecule has 2 N–H and O–H groups in total. The Morgan fingerprint density at radius 2 is 1.74 bits per heavy atom. The van der Waals surface area contributed by atoms with Crippen LogP contribution in [-0.2, 0) is 16.6 Å². The van der Waals surface area contributed by atoms with Gasteiger partial charge in [0.2, 0.25) is 0 Å². The van der Waals surface area contributed by atoms with Crippen LogP contribution >= 0.6 is 11.6 Å². The second kappa shape index (κ2) is 10.6. The minimum absolute atomic E-state index is 0.00745. The minimum atomic E-state index is -3.89. The van der Waals surface area contributed by atoms with Gasteiger partial charge >= 0.3 is 0 Å². The van der Waals surface area contributed by atoms with E-state index in [9.17, 15) is 13.2 Å². The van der Waals surface area contributed by atoms with Gasteiger partial charge in [0.25, 0.3) is 15.9 Å². The van der Waals surface area contributed by atoms with Gasteiger partial charge in [-0.3, -0.25) is 14.4 Å². The molecule has 3 aromatic carbocycles. The van der Waals surface area contributed by atoms with Crippen molar-refractivity contribution in [3.63, 3.8) is 0 Å². The second-order valence-corrected chi connectivity index (χ2v) is 10.7. The third-order valence-corrected chi connectivity index (χ3v) is 7.63. The Morgan fingerprint density at radius 1 is 1.00 bits per heavy atom. The van der Waals surface area contributed by atoms with Gasteiger partial charge in [0.15, 0.2) is 0 Å². The maximum absolute atomic E-state index is 12.9. The summed E-state index contributed by atoms with van der Waals surface area (Å²) in [5.74, 6) is -0.271. The molecule has 0 aromatic heterocycles. The lowest BCUT2D eigenvalue weighted by Gasteiger charge is -2.32. The average Bonchev–Trinajstić information content (AvgIpc) is 2.82. The number of sulfonamides is 1. The molecule has 8 heteroatoms. The van der Waals surface area contributed by atoms with Crippen LogP contribution in [0.5, 0.6) is 0 Å². The number of nitrogens with zero attached hydrogens (tertiary/aromatic N) is 1. The molecule has 0 saturated carbocycles. The van der Waals surface area contributed by atoms with Crippen LogP contribution in [0, 0.1) is 6.92 Å². The number of nitrogens with one attached hydrogen (secondary N) is 2. The van der Waals surface area contributed by atoms with Crippen molar-refractivity contribution in [3.8, 4) is 0 Å². The van der Waals surface area contributed by atoms with Gasteiger partial charge in [-0.25, -0.2) is 8.42 Å². The molecule has 1 fully saturated rings. The van der Waals surface area contributed by atoms with Crippen LogP contribution in [0.15, 0.2) is 77.7 Å². The van der Waals surface area contributed by atoms with E-state index in [1.54, 1.807) is 36.4 Å². The minimum Gasteiger partial charge on any atom is -0.349 e. The molecule has 0 unspecified atom stereocenters. The molecule has 1 aliphatic heterocycles. The predicted molar refractivity (Wildman–Crippen MR) is 136 cm³/mol. The Labute approximate surface area is 206 Å². The Bertz CT molecular complexity index is 1270. The lowest BCUT2D eigenvalue weighted by molar-refractivity contribution is 0.0908. The van der Waals surface area contributed by atoms with E-state index >= 15 is 0 Å². The van der Waals surface area contributed by atoms with Crippen molar-refractivity contribution in [2.75, 3.05) is 17.8 Å². The molecular formula is C26H28ClN3O3S. The van der Waals surface area contributed by atoms with E-state index in [2.05, 4.69) is 46.1 Å². The summed E-state index contributed by atoms with van der Waals surface area (Å²) in [5, 5.41) is 3.36. The van der Waals surface area contributed by atoms with Crippen LogP contribution in [0.3, 0.4) is 0 Å². The molecule has 1 amide bonds. The quantitative estimate of drug-likeness (QED) is 0.489. The summed E-state index contributed by atoms with van der Waals surface area (Å²) in [4.78, 5) is 15.3. The van der Waals surface area contributed by atoms with Gasteiger partial charge in [-0.15, -0.1) is 0 Å². The van der Waals surface area contributed by atoms with Crippen LogP contribution in [-0.4, -0.2) is 38.4 Å². The topological polar surface area (TPSA) is 78.5 Å². The summed E-state index contributed by atoms with van der Waals surface area (Å²) in [6.07, 6.45) is 1.70. The molecule has 0 atom stereocenters. The molecule has 178 valence electrons. The molecule has 0 aliphatic carbocycles. The van der Waals surface area contributed by atoms with Crippen molar-refractivity contribution < 1.29 is 13.2 Å². The molecule has 6 nitrogen and oxygen atoms in total. The zero-order valence-corrected chi connectivity index (χ0v) is 20.6. The summed E-state index contributed by atoms with van der Waals surface area (Å²) in [5.41, 5.74) is 3.15. The van der Waals surface area contributed by atoms with Gasteiger partial charge in [-0.05, 0) is 55.7 Å². The van der Waals surface area contributed by atoms with Crippen molar-refractivity contribution in [2.24, 2.45) is 0 Å². The Balaban J connectivity index is 1.35. The molecular weight excluding hydrogens is 470 g/mol.